The molecule has 0 aliphatic rings. The lowest BCUT2D eigenvalue weighted by Crippen LogP contribution is -2.04. The van der Waals surface area contributed by atoms with E-state index in [2.05, 4.69) is 23.2 Å². The quantitative estimate of drug-likeness (QED) is 0.840. The van der Waals surface area contributed by atoms with Gasteiger partial charge in [0.05, 0.1) is 0 Å². The van der Waals surface area contributed by atoms with Crippen LogP contribution in [0.25, 0.3) is 4.96 Å². The third kappa shape index (κ3) is 1.55. The lowest BCUT2D eigenvalue weighted by Gasteiger charge is -2.05. The summed E-state index contributed by atoms with van der Waals surface area (Å²) in [4.78, 5) is 6.60. The Kier molecular flexibility index (Phi) is 2.56. The molecule has 2 heterocycles. The highest BCUT2D eigenvalue weighted by Gasteiger charge is 2.12. The van der Waals surface area contributed by atoms with Gasteiger partial charge in [0.15, 0.2) is 4.96 Å². The van der Waals surface area contributed by atoms with Crippen LogP contribution in [0.1, 0.15) is 24.4 Å². The number of nitrogens with zero attached hydrogens (tertiary/aromatic N) is 2. The maximum atomic E-state index is 5.72. The Labute approximate surface area is 87.6 Å². The van der Waals surface area contributed by atoms with E-state index in [0.717, 1.165) is 11.4 Å². The van der Waals surface area contributed by atoms with Crippen molar-refractivity contribution < 1.29 is 0 Å². The molecule has 0 spiro atoms. The van der Waals surface area contributed by atoms with E-state index in [1.807, 2.05) is 12.4 Å². The van der Waals surface area contributed by atoms with Gasteiger partial charge in [-0.2, -0.15) is 0 Å². The summed E-state index contributed by atoms with van der Waals surface area (Å²) in [7, 11) is 0. The highest BCUT2D eigenvalue weighted by molar-refractivity contribution is 7.17. The molecule has 2 N–H and O–H groups in total. The Hall–Kier alpha value is -0.870. The molecule has 76 valence electrons. The highest BCUT2D eigenvalue weighted by atomic mass is 32.1. The second-order valence-corrected chi connectivity index (χ2v) is 4.92. The summed E-state index contributed by atoms with van der Waals surface area (Å²) in [5.41, 5.74) is 7.05. The molecule has 14 heavy (non-hydrogen) atoms. The molecule has 3 nitrogen and oxygen atoms in total. The van der Waals surface area contributed by atoms with Crippen molar-refractivity contribution in [3.63, 3.8) is 0 Å². The molecule has 0 atom stereocenters. The van der Waals surface area contributed by atoms with Gasteiger partial charge in [-0.3, -0.25) is 4.40 Å². The van der Waals surface area contributed by atoms with Crippen LogP contribution in [0.2, 0.25) is 0 Å². The summed E-state index contributed by atoms with van der Waals surface area (Å²) in [5, 5.41) is 0. The normalized spacial score (nSPS) is 11.7. The van der Waals surface area contributed by atoms with Crippen molar-refractivity contribution >= 4 is 16.3 Å². The van der Waals surface area contributed by atoms with Gasteiger partial charge in [0.25, 0.3) is 0 Å². The van der Waals surface area contributed by atoms with Crippen LogP contribution < -0.4 is 5.73 Å². The number of fused-ring (bicyclic) bond motifs is 1. The standard InChI is InChI=1S/C10H15N3S/c1-7(2)5-8-9(6-11)14-10-12-3-4-13(8)10/h3-4,7H,5-6,11H2,1-2H3. The number of hydrogen-bond donors (Lipinski definition) is 1. The van der Waals surface area contributed by atoms with E-state index < -0.39 is 0 Å². The van der Waals surface area contributed by atoms with Crippen LogP contribution in [0.5, 0.6) is 0 Å². The third-order valence-electron chi connectivity index (χ3n) is 2.22. The van der Waals surface area contributed by atoms with E-state index in [-0.39, 0.29) is 0 Å². The summed E-state index contributed by atoms with van der Waals surface area (Å²) < 4.78 is 2.16. The molecule has 4 heteroatoms. The number of aromatic nitrogens is 2. The van der Waals surface area contributed by atoms with Crippen molar-refractivity contribution in [3.05, 3.63) is 23.0 Å². The fraction of sp³-hybridized carbons (Fsp3) is 0.500. The van der Waals surface area contributed by atoms with Crippen LogP contribution in [-0.4, -0.2) is 9.38 Å². The summed E-state index contributed by atoms with van der Waals surface area (Å²) >= 11 is 1.70. The van der Waals surface area contributed by atoms with Crippen LogP contribution in [0, 0.1) is 5.92 Å². The zero-order valence-corrected chi connectivity index (χ0v) is 9.34. The molecule has 0 aliphatic heterocycles. The number of rotatable bonds is 3. The number of nitrogens with two attached hydrogens (primary N) is 1. The SMILES string of the molecule is CC(C)Cc1c(CN)sc2nccn12. The number of thiazole rings is 1. The number of hydrogen-bond acceptors (Lipinski definition) is 3. The molecule has 0 radical (unpaired) electrons. The van der Waals surface area contributed by atoms with E-state index >= 15 is 0 Å². The maximum absolute atomic E-state index is 5.72. The first-order chi connectivity index (χ1) is 6.72. The first kappa shape index (κ1) is 9.68. The Bertz CT molecular complexity index is 427. The van der Waals surface area contributed by atoms with E-state index in [1.165, 1.54) is 10.6 Å². The molecule has 2 aromatic rings. The first-order valence-electron chi connectivity index (χ1n) is 4.86. The molecule has 0 saturated carbocycles. The molecule has 2 rings (SSSR count). The second kappa shape index (κ2) is 3.71. The average Bonchev–Trinajstić information content (AvgIpc) is 2.67. The van der Waals surface area contributed by atoms with E-state index in [4.69, 9.17) is 5.73 Å². The van der Waals surface area contributed by atoms with Crippen molar-refractivity contribution in [3.8, 4) is 0 Å². The van der Waals surface area contributed by atoms with Gasteiger partial charge >= 0.3 is 0 Å². The molecule has 2 aromatic heterocycles. The van der Waals surface area contributed by atoms with Crippen molar-refractivity contribution in [2.45, 2.75) is 26.8 Å². The maximum Gasteiger partial charge on any atom is 0.194 e. The molecule has 0 fully saturated rings. The molecule has 0 unspecified atom stereocenters. The predicted molar refractivity (Wildman–Crippen MR) is 59.5 cm³/mol. The number of imidazole rings is 1. The summed E-state index contributed by atoms with van der Waals surface area (Å²) in [6.07, 6.45) is 4.93. The fourth-order valence-corrected chi connectivity index (χ4v) is 2.62. The molecule has 0 amide bonds. The molecular weight excluding hydrogens is 194 g/mol. The van der Waals surface area contributed by atoms with Gasteiger partial charge in [-0.15, -0.1) is 0 Å². The molecule has 0 aromatic carbocycles. The minimum absolute atomic E-state index is 0.621. The van der Waals surface area contributed by atoms with Gasteiger partial charge in [-0.1, -0.05) is 25.2 Å². The van der Waals surface area contributed by atoms with Crippen LogP contribution >= 0.6 is 11.3 Å². The summed E-state index contributed by atoms with van der Waals surface area (Å²) in [6, 6.07) is 0. The van der Waals surface area contributed by atoms with Crippen molar-refractivity contribution in [1.29, 1.82) is 0 Å². The van der Waals surface area contributed by atoms with E-state index in [1.54, 1.807) is 11.3 Å². The van der Waals surface area contributed by atoms with Crippen molar-refractivity contribution in [2.75, 3.05) is 0 Å². The Morgan fingerprint density at radius 3 is 3.00 bits per heavy atom. The van der Waals surface area contributed by atoms with Crippen LogP contribution in [0.4, 0.5) is 0 Å². The van der Waals surface area contributed by atoms with Crippen molar-refractivity contribution in [2.24, 2.45) is 11.7 Å². The van der Waals surface area contributed by atoms with Gasteiger partial charge in [0.2, 0.25) is 0 Å². The Balaban J connectivity index is 2.50. The zero-order chi connectivity index (χ0) is 10.1. The topological polar surface area (TPSA) is 43.3 Å². The fourth-order valence-electron chi connectivity index (χ4n) is 1.63. The van der Waals surface area contributed by atoms with Gasteiger partial charge < -0.3 is 5.73 Å². The second-order valence-electron chi connectivity index (χ2n) is 3.85. The first-order valence-corrected chi connectivity index (χ1v) is 5.67. The minimum Gasteiger partial charge on any atom is -0.326 e. The average molecular weight is 209 g/mol. The zero-order valence-electron chi connectivity index (χ0n) is 8.53. The lowest BCUT2D eigenvalue weighted by molar-refractivity contribution is 0.628. The molecular formula is C10H15N3S. The van der Waals surface area contributed by atoms with E-state index in [9.17, 15) is 0 Å². The van der Waals surface area contributed by atoms with Crippen LogP contribution in [0.3, 0.4) is 0 Å². The largest absolute Gasteiger partial charge is 0.326 e. The Morgan fingerprint density at radius 1 is 1.57 bits per heavy atom. The van der Waals surface area contributed by atoms with Crippen LogP contribution in [-0.2, 0) is 13.0 Å². The summed E-state index contributed by atoms with van der Waals surface area (Å²) in [5.74, 6) is 0.653. The third-order valence-corrected chi connectivity index (χ3v) is 3.35. The Morgan fingerprint density at radius 2 is 2.36 bits per heavy atom. The lowest BCUT2D eigenvalue weighted by atomic mass is 10.1. The molecule has 0 saturated heterocycles. The van der Waals surface area contributed by atoms with Gasteiger partial charge in [0.1, 0.15) is 0 Å². The van der Waals surface area contributed by atoms with Crippen molar-refractivity contribution in [1.82, 2.24) is 9.38 Å². The minimum atomic E-state index is 0.621. The van der Waals surface area contributed by atoms with Gasteiger partial charge in [-0.25, -0.2) is 4.98 Å². The van der Waals surface area contributed by atoms with E-state index in [0.29, 0.717) is 12.5 Å². The monoisotopic (exact) mass is 209 g/mol. The summed E-state index contributed by atoms with van der Waals surface area (Å²) in [6.45, 7) is 5.07. The predicted octanol–water partition coefficient (Wildman–Crippen LogP) is 2.05. The molecule has 0 bridgehead atoms. The molecule has 0 aliphatic carbocycles. The smallest absolute Gasteiger partial charge is 0.194 e. The van der Waals surface area contributed by atoms with Gasteiger partial charge in [-0.05, 0) is 12.3 Å². The van der Waals surface area contributed by atoms with Gasteiger partial charge in [0, 0.05) is 29.5 Å². The highest BCUT2D eigenvalue weighted by Crippen LogP contribution is 2.24. The van der Waals surface area contributed by atoms with Crippen LogP contribution in [0.15, 0.2) is 12.4 Å².